The minimum Gasteiger partial charge on any atom is -0.0612 e. The average molecular weight is 378 g/mol. The largest absolute Gasteiger partial charge is 0.133 e. The molecule has 0 spiro atoms. The van der Waals surface area contributed by atoms with E-state index in [0.29, 0.717) is 10.9 Å². The highest BCUT2D eigenvalue weighted by Gasteiger charge is 2.27. The quantitative estimate of drug-likeness (QED) is 0.273. The second-order valence-corrected chi connectivity index (χ2v) is 10.1. The molecule has 0 aromatic heterocycles. The molecule has 1 aliphatic carbocycles. The first kappa shape index (κ1) is 16.2. The van der Waals surface area contributed by atoms with Gasteiger partial charge in [0.2, 0.25) is 0 Å². The van der Waals surface area contributed by atoms with Gasteiger partial charge in [0.15, 0.2) is 0 Å². The van der Waals surface area contributed by atoms with Gasteiger partial charge in [-0.1, -0.05) is 72.8 Å². The van der Waals surface area contributed by atoms with Crippen LogP contribution in [0.4, 0.5) is 0 Å². The van der Waals surface area contributed by atoms with Crippen molar-refractivity contribution in [1.29, 1.82) is 0 Å². The lowest BCUT2D eigenvalue weighted by atomic mass is 9.91. The molecule has 0 saturated carbocycles. The SMILES string of the molecule is C[S+]1Cc2cccc(c2)C2=C(c3cccc(c3)C1)c1cccc3cccc2c13. The third kappa shape index (κ3) is 2.40. The van der Waals surface area contributed by atoms with Crippen molar-refractivity contribution in [2.45, 2.75) is 11.5 Å². The van der Waals surface area contributed by atoms with Gasteiger partial charge in [-0.05, 0) is 67.2 Å². The topological polar surface area (TPSA) is 0 Å². The first-order valence-corrected chi connectivity index (χ1v) is 11.8. The Hall–Kier alpha value is -2.77. The van der Waals surface area contributed by atoms with Gasteiger partial charge in [0.1, 0.15) is 11.5 Å². The molecule has 0 saturated heterocycles. The molecule has 0 N–H and O–H groups in total. The van der Waals surface area contributed by atoms with Gasteiger partial charge in [-0.15, -0.1) is 0 Å². The Morgan fingerprint density at radius 3 is 1.64 bits per heavy atom. The molecule has 0 nitrogen and oxygen atoms in total. The summed E-state index contributed by atoms with van der Waals surface area (Å²) in [6.07, 6.45) is 2.40. The van der Waals surface area contributed by atoms with Crippen molar-refractivity contribution in [1.82, 2.24) is 0 Å². The lowest BCUT2D eigenvalue weighted by molar-refractivity contribution is 1.33. The maximum Gasteiger partial charge on any atom is 0.133 e. The lowest BCUT2D eigenvalue weighted by Crippen LogP contribution is -2.06. The van der Waals surface area contributed by atoms with Gasteiger partial charge >= 0.3 is 0 Å². The van der Waals surface area contributed by atoms with Crippen molar-refractivity contribution in [3.63, 3.8) is 0 Å². The first-order valence-electron chi connectivity index (χ1n) is 9.82. The van der Waals surface area contributed by atoms with E-state index in [0.717, 1.165) is 11.5 Å². The van der Waals surface area contributed by atoms with E-state index in [9.17, 15) is 0 Å². The Morgan fingerprint density at radius 2 is 1.11 bits per heavy atom. The minimum absolute atomic E-state index is 0.340. The van der Waals surface area contributed by atoms with Crippen LogP contribution in [0.3, 0.4) is 0 Å². The molecule has 4 aromatic rings. The summed E-state index contributed by atoms with van der Waals surface area (Å²) in [5.41, 5.74) is 11.1. The van der Waals surface area contributed by atoms with Crippen molar-refractivity contribution < 1.29 is 0 Å². The summed E-state index contributed by atoms with van der Waals surface area (Å²) in [5, 5.41) is 2.73. The predicted octanol–water partition coefficient (Wildman–Crippen LogP) is 6.42. The maximum atomic E-state index is 2.43. The van der Waals surface area contributed by atoms with Crippen molar-refractivity contribution >= 4 is 32.8 Å². The van der Waals surface area contributed by atoms with Gasteiger partial charge < -0.3 is 0 Å². The van der Waals surface area contributed by atoms with Crippen molar-refractivity contribution in [3.05, 3.63) is 118 Å². The third-order valence-corrected chi connectivity index (χ3v) is 7.60. The number of hydrogen-bond acceptors (Lipinski definition) is 0. The third-order valence-electron chi connectivity index (χ3n) is 5.95. The van der Waals surface area contributed by atoms with E-state index < -0.39 is 0 Å². The summed E-state index contributed by atoms with van der Waals surface area (Å²) in [6, 6.07) is 32.0. The number of fused-ring (bicyclic) bond motifs is 8. The van der Waals surface area contributed by atoms with E-state index in [1.165, 1.54) is 55.3 Å². The molecule has 0 atom stereocenters. The Balaban J connectivity index is 1.76. The summed E-state index contributed by atoms with van der Waals surface area (Å²) >= 11 is 0. The molecule has 1 aliphatic heterocycles. The molecule has 0 amide bonds. The summed E-state index contributed by atoms with van der Waals surface area (Å²) in [6.45, 7) is 0. The second kappa shape index (κ2) is 6.12. The number of benzene rings is 4. The molecule has 1 heteroatoms. The fourth-order valence-corrected chi connectivity index (χ4v) is 6.48. The molecule has 1 heterocycles. The molecule has 0 radical (unpaired) electrons. The molecular formula is C27H21S+. The zero-order valence-corrected chi connectivity index (χ0v) is 16.7. The predicted molar refractivity (Wildman–Crippen MR) is 123 cm³/mol. The zero-order valence-electron chi connectivity index (χ0n) is 15.9. The van der Waals surface area contributed by atoms with Gasteiger partial charge in [0.25, 0.3) is 0 Å². The van der Waals surface area contributed by atoms with Crippen LogP contribution < -0.4 is 0 Å². The first-order chi connectivity index (χ1) is 13.8. The highest BCUT2D eigenvalue weighted by Crippen LogP contribution is 2.48. The molecule has 4 bridgehead atoms. The van der Waals surface area contributed by atoms with Crippen LogP contribution in [0.15, 0.2) is 84.9 Å². The van der Waals surface area contributed by atoms with Gasteiger partial charge in [-0.2, -0.15) is 0 Å². The standard InChI is InChI=1S/C27H21S/c1-28-16-18-6-2-10-21(14-18)26-23-12-4-8-20-9-5-13-24(25(20)23)27(26)22-11-3-7-19(15-22)17-28/h2-15H,16-17H2,1H3/q+1. The Bertz CT molecular complexity index is 1180. The average Bonchev–Trinajstić information content (AvgIpc) is 3.04. The van der Waals surface area contributed by atoms with Crippen LogP contribution in [-0.4, -0.2) is 6.26 Å². The van der Waals surface area contributed by atoms with E-state index in [2.05, 4.69) is 91.2 Å². The van der Waals surface area contributed by atoms with Crippen LogP contribution in [0.1, 0.15) is 33.4 Å². The van der Waals surface area contributed by atoms with Gasteiger partial charge in [-0.3, -0.25) is 0 Å². The smallest absolute Gasteiger partial charge is 0.0612 e. The zero-order chi connectivity index (χ0) is 18.7. The fourth-order valence-electron chi connectivity index (χ4n) is 4.88. The van der Waals surface area contributed by atoms with E-state index >= 15 is 0 Å². The molecule has 2 aliphatic rings. The van der Waals surface area contributed by atoms with Crippen LogP contribution in [0.25, 0.3) is 21.9 Å². The maximum absolute atomic E-state index is 2.43. The fraction of sp³-hybridized carbons (Fsp3) is 0.111. The molecule has 6 rings (SSSR count). The van der Waals surface area contributed by atoms with Crippen molar-refractivity contribution in [2.24, 2.45) is 0 Å². The normalized spacial score (nSPS) is 15.5. The van der Waals surface area contributed by atoms with Crippen LogP contribution >= 0.6 is 0 Å². The Labute approximate surface area is 168 Å². The van der Waals surface area contributed by atoms with Crippen LogP contribution in [0.5, 0.6) is 0 Å². The van der Waals surface area contributed by atoms with Gasteiger partial charge in [0, 0.05) is 11.1 Å². The number of hydrogen-bond donors (Lipinski definition) is 0. The van der Waals surface area contributed by atoms with E-state index in [-0.39, 0.29) is 0 Å². The van der Waals surface area contributed by atoms with Crippen LogP contribution in [-0.2, 0) is 22.4 Å². The second-order valence-electron chi connectivity index (χ2n) is 7.93. The summed E-state index contributed by atoms with van der Waals surface area (Å²) in [5.74, 6) is 2.30. The van der Waals surface area contributed by atoms with Crippen molar-refractivity contribution in [2.75, 3.05) is 6.26 Å². The number of rotatable bonds is 0. The van der Waals surface area contributed by atoms with Gasteiger partial charge in [-0.25, -0.2) is 0 Å². The molecular weight excluding hydrogens is 356 g/mol. The molecule has 134 valence electrons. The molecule has 4 aromatic carbocycles. The Morgan fingerprint density at radius 1 is 0.607 bits per heavy atom. The highest BCUT2D eigenvalue weighted by molar-refractivity contribution is 7.94. The summed E-state index contributed by atoms with van der Waals surface area (Å²) < 4.78 is 0. The highest BCUT2D eigenvalue weighted by atomic mass is 32.2. The van der Waals surface area contributed by atoms with Crippen molar-refractivity contribution in [3.8, 4) is 0 Å². The van der Waals surface area contributed by atoms with E-state index in [1.54, 1.807) is 0 Å². The Kier molecular flexibility index (Phi) is 3.54. The van der Waals surface area contributed by atoms with Crippen LogP contribution in [0.2, 0.25) is 0 Å². The summed E-state index contributed by atoms with van der Waals surface area (Å²) in [4.78, 5) is 0. The monoisotopic (exact) mass is 377 g/mol. The van der Waals surface area contributed by atoms with Crippen LogP contribution in [0, 0.1) is 0 Å². The van der Waals surface area contributed by atoms with Gasteiger partial charge in [0.05, 0.1) is 6.26 Å². The molecule has 0 fully saturated rings. The summed E-state index contributed by atoms with van der Waals surface area (Å²) in [7, 11) is 0.340. The van der Waals surface area contributed by atoms with E-state index in [1.807, 2.05) is 0 Å². The minimum atomic E-state index is 0.340. The lowest BCUT2D eigenvalue weighted by Gasteiger charge is -2.12. The molecule has 0 unspecified atom stereocenters. The molecule has 28 heavy (non-hydrogen) atoms. The van der Waals surface area contributed by atoms with E-state index in [4.69, 9.17) is 0 Å².